The highest BCUT2D eigenvalue weighted by Gasteiger charge is 2.38. The van der Waals surface area contributed by atoms with Crippen molar-refractivity contribution in [2.45, 2.75) is 38.3 Å². The lowest BCUT2D eigenvalue weighted by Crippen LogP contribution is -2.47. The molecule has 20 heavy (non-hydrogen) atoms. The van der Waals surface area contributed by atoms with Gasteiger partial charge in [-0.2, -0.15) is 5.01 Å². The zero-order valence-corrected chi connectivity index (χ0v) is 12.4. The summed E-state index contributed by atoms with van der Waals surface area (Å²) in [6, 6.07) is 10.8. The summed E-state index contributed by atoms with van der Waals surface area (Å²) < 4.78 is 0. The van der Waals surface area contributed by atoms with Crippen LogP contribution in [0.2, 0.25) is 0 Å². The van der Waals surface area contributed by atoms with Crippen LogP contribution in [0.1, 0.15) is 37.7 Å². The lowest BCUT2D eigenvalue weighted by Gasteiger charge is -2.37. The molecule has 0 aliphatic carbocycles. The van der Waals surface area contributed by atoms with Gasteiger partial charge < -0.3 is 0 Å². The molecule has 3 rings (SSSR count). The fraction of sp³-hybridized carbons (Fsp3) is 0.471. The van der Waals surface area contributed by atoms with E-state index >= 15 is 0 Å². The molecular formula is C17H23N3. The molecule has 0 bridgehead atoms. The van der Waals surface area contributed by atoms with Crippen molar-refractivity contribution in [3.05, 3.63) is 48.0 Å². The van der Waals surface area contributed by atoms with E-state index in [9.17, 15) is 0 Å². The van der Waals surface area contributed by atoms with Gasteiger partial charge >= 0.3 is 0 Å². The van der Waals surface area contributed by atoms with Crippen LogP contribution in [0.15, 0.2) is 47.5 Å². The van der Waals surface area contributed by atoms with Crippen molar-refractivity contribution >= 4 is 5.84 Å². The predicted octanol–water partition coefficient (Wildman–Crippen LogP) is 3.42. The van der Waals surface area contributed by atoms with E-state index in [1.165, 1.54) is 29.8 Å². The quantitative estimate of drug-likeness (QED) is 0.783. The Morgan fingerprint density at radius 1 is 1.35 bits per heavy atom. The first-order chi connectivity index (χ1) is 9.72. The second kappa shape index (κ2) is 5.41. The maximum atomic E-state index is 4.99. The Hall–Kier alpha value is -1.61. The molecule has 0 radical (unpaired) electrons. The lowest BCUT2D eigenvalue weighted by atomic mass is 9.90. The molecule has 0 N–H and O–H groups in total. The van der Waals surface area contributed by atoms with Crippen LogP contribution in [-0.2, 0) is 0 Å². The minimum atomic E-state index is 0.124. The Morgan fingerprint density at radius 2 is 2.10 bits per heavy atom. The van der Waals surface area contributed by atoms with Gasteiger partial charge in [-0.3, -0.25) is 5.01 Å². The average Bonchev–Trinajstić information content (AvgIpc) is 2.85. The van der Waals surface area contributed by atoms with E-state index in [1.807, 2.05) is 0 Å². The van der Waals surface area contributed by atoms with Gasteiger partial charge in [-0.25, -0.2) is 4.99 Å². The van der Waals surface area contributed by atoms with Gasteiger partial charge in [0.25, 0.3) is 0 Å². The summed E-state index contributed by atoms with van der Waals surface area (Å²) >= 11 is 0. The summed E-state index contributed by atoms with van der Waals surface area (Å²) in [4.78, 5) is 4.99. The second-order valence-electron chi connectivity index (χ2n) is 5.68. The maximum Gasteiger partial charge on any atom is 0.142 e. The van der Waals surface area contributed by atoms with Crippen LogP contribution in [-0.4, -0.2) is 35.6 Å². The standard InChI is InChI=1S/C17H23N3/c1-4-13(2)16-18-17-15(14-9-6-5-7-10-14)11-8-12-20(17)19(16)3/h5-7,9-10,15-16H,2,4,8,11-12H2,1,3H3. The Kier molecular flexibility index (Phi) is 3.62. The van der Waals surface area contributed by atoms with Crippen LogP contribution >= 0.6 is 0 Å². The highest BCUT2D eigenvalue weighted by Crippen LogP contribution is 2.35. The number of hydrazine groups is 1. The molecule has 0 saturated carbocycles. The molecule has 0 aromatic heterocycles. The first kappa shape index (κ1) is 13.4. The number of likely N-dealkylation sites (N-methyl/N-ethyl adjacent to an activating group) is 1. The first-order valence-corrected chi connectivity index (χ1v) is 7.53. The number of fused-ring (bicyclic) bond motifs is 1. The summed E-state index contributed by atoms with van der Waals surface area (Å²) in [5.74, 6) is 1.66. The molecule has 1 aromatic carbocycles. The van der Waals surface area contributed by atoms with Gasteiger partial charge in [-0.05, 0) is 30.4 Å². The fourth-order valence-corrected chi connectivity index (χ4v) is 3.22. The van der Waals surface area contributed by atoms with Gasteiger partial charge in [0.15, 0.2) is 0 Å². The summed E-state index contributed by atoms with van der Waals surface area (Å²) in [6.07, 6.45) is 3.52. The van der Waals surface area contributed by atoms with E-state index in [0.717, 1.165) is 13.0 Å². The third-order valence-electron chi connectivity index (χ3n) is 4.45. The number of hydrogen-bond acceptors (Lipinski definition) is 3. The molecular weight excluding hydrogens is 246 g/mol. The summed E-state index contributed by atoms with van der Waals surface area (Å²) in [7, 11) is 2.13. The fourth-order valence-electron chi connectivity index (χ4n) is 3.22. The minimum Gasteiger partial charge on any atom is -0.291 e. The molecule has 1 aromatic rings. The molecule has 1 saturated heterocycles. The molecule has 2 aliphatic rings. The molecule has 3 nitrogen and oxygen atoms in total. The number of hydrogen-bond donors (Lipinski definition) is 0. The van der Waals surface area contributed by atoms with Crippen molar-refractivity contribution < 1.29 is 0 Å². The summed E-state index contributed by atoms with van der Waals surface area (Å²) in [5, 5.41) is 4.61. The predicted molar refractivity (Wildman–Crippen MR) is 83.5 cm³/mol. The van der Waals surface area contributed by atoms with Gasteiger partial charge in [-0.15, -0.1) is 0 Å². The first-order valence-electron chi connectivity index (χ1n) is 7.53. The maximum absolute atomic E-state index is 4.99. The molecule has 106 valence electrons. The molecule has 3 heteroatoms. The minimum absolute atomic E-state index is 0.124. The highest BCUT2D eigenvalue weighted by molar-refractivity contribution is 5.90. The largest absolute Gasteiger partial charge is 0.291 e. The van der Waals surface area contributed by atoms with Crippen molar-refractivity contribution in [1.82, 2.24) is 10.0 Å². The molecule has 2 aliphatic heterocycles. The van der Waals surface area contributed by atoms with Crippen molar-refractivity contribution in [3.63, 3.8) is 0 Å². The smallest absolute Gasteiger partial charge is 0.142 e. The Balaban J connectivity index is 1.93. The van der Waals surface area contributed by atoms with Gasteiger partial charge in [0.1, 0.15) is 12.0 Å². The van der Waals surface area contributed by atoms with Gasteiger partial charge in [-0.1, -0.05) is 43.8 Å². The zero-order valence-electron chi connectivity index (χ0n) is 12.4. The molecule has 2 atom stereocenters. The van der Waals surface area contributed by atoms with E-state index < -0.39 is 0 Å². The number of nitrogens with zero attached hydrogens (tertiary/aromatic N) is 3. The molecule has 0 amide bonds. The normalized spacial score (nSPS) is 26.3. The second-order valence-corrected chi connectivity index (χ2v) is 5.68. The number of amidine groups is 1. The SMILES string of the molecule is C=C(CC)C1N=C2C(c3ccccc3)CCCN2N1C. The van der Waals surface area contributed by atoms with Crippen molar-refractivity contribution in [2.75, 3.05) is 13.6 Å². The monoisotopic (exact) mass is 269 g/mol. The van der Waals surface area contributed by atoms with Crippen LogP contribution in [0.5, 0.6) is 0 Å². The third-order valence-corrected chi connectivity index (χ3v) is 4.45. The van der Waals surface area contributed by atoms with Crippen molar-refractivity contribution in [2.24, 2.45) is 4.99 Å². The Labute approximate surface area is 121 Å². The molecule has 2 heterocycles. The summed E-state index contributed by atoms with van der Waals surface area (Å²) in [6.45, 7) is 7.42. The topological polar surface area (TPSA) is 18.8 Å². The number of aliphatic imine (C=N–C) groups is 1. The van der Waals surface area contributed by atoms with Crippen LogP contribution in [0.4, 0.5) is 0 Å². The Morgan fingerprint density at radius 3 is 2.80 bits per heavy atom. The number of piperidine rings is 1. The van der Waals surface area contributed by atoms with Crippen molar-refractivity contribution in [1.29, 1.82) is 0 Å². The van der Waals surface area contributed by atoms with Crippen LogP contribution in [0, 0.1) is 0 Å². The van der Waals surface area contributed by atoms with Gasteiger partial charge in [0, 0.05) is 19.5 Å². The van der Waals surface area contributed by atoms with E-state index in [4.69, 9.17) is 4.99 Å². The zero-order chi connectivity index (χ0) is 14.1. The van der Waals surface area contributed by atoms with Gasteiger partial charge in [0.2, 0.25) is 0 Å². The number of benzene rings is 1. The number of rotatable bonds is 3. The highest BCUT2D eigenvalue weighted by atomic mass is 15.7. The average molecular weight is 269 g/mol. The molecule has 1 fully saturated rings. The van der Waals surface area contributed by atoms with Crippen molar-refractivity contribution in [3.8, 4) is 0 Å². The van der Waals surface area contributed by atoms with Gasteiger partial charge in [0.05, 0.1) is 0 Å². The Bertz CT molecular complexity index is 520. The van der Waals surface area contributed by atoms with E-state index in [-0.39, 0.29) is 6.17 Å². The van der Waals surface area contributed by atoms with Crippen LogP contribution in [0.3, 0.4) is 0 Å². The molecule has 2 unspecified atom stereocenters. The summed E-state index contributed by atoms with van der Waals surface area (Å²) in [5.41, 5.74) is 2.58. The van der Waals surface area contributed by atoms with E-state index in [2.05, 4.69) is 60.9 Å². The lowest BCUT2D eigenvalue weighted by molar-refractivity contribution is 0.0593. The van der Waals surface area contributed by atoms with E-state index in [0.29, 0.717) is 5.92 Å². The van der Waals surface area contributed by atoms with Crippen LogP contribution in [0.25, 0.3) is 0 Å². The third kappa shape index (κ3) is 2.16. The van der Waals surface area contributed by atoms with E-state index in [1.54, 1.807) is 0 Å². The molecule has 0 spiro atoms. The van der Waals surface area contributed by atoms with Crippen LogP contribution < -0.4 is 0 Å².